The molecule has 1 aliphatic heterocycles. The van der Waals surface area contributed by atoms with Crippen molar-refractivity contribution < 1.29 is 9.59 Å². The Morgan fingerprint density at radius 3 is 1.97 bits per heavy atom. The standard InChI is InChI=1S/C25H20Cl2N2O2/c1-14-10-15(2)12-20(11-14)28-23-22(17-4-6-18(26)7-5-17)24(30)29(25(23)31)21-9-8-19(27)13-16(21)3/h4-13,28H,1-3H3. The van der Waals surface area contributed by atoms with Crippen LogP contribution in [0.2, 0.25) is 10.0 Å². The minimum atomic E-state index is -0.417. The molecule has 6 heteroatoms. The van der Waals surface area contributed by atoms with Crippen LogP contribution in [0, 0.1) is 20.8 Å². The molecule has 31 heavy (non-hydrogen) atoms. The highest BCUT2D eigenvalue weighted by atomic mass is 35.5. The first kappa shape index (κ1) is 21.2. The van der Waals surface area contributed by atoms with Gasteiger partial charge in [-0.3, -0.25) is 9.59 Å². The Hall–Kier alpha value is -3.08. The van der Waals surface area contributed by atoms with Crippen molar-refractivity contribution in [3.05, 3.63) is 98.7 Å². The van der Waals surface area contributed by atoms with E-state index in [2.05, 4.69) is 5.32 Å². The van der Waals surface area contributed by atoms with E-state index in [0.29, 0.717) is 26.9 Å². The summed E-state index contributed by atoms with van der Waals surface area (Å²) in [5.74, 6) is -0.816. The lowest BCUT2D eigenvalue weighted by atomic mass is 10.0. The Balaban J connectivity index is 1.85. The highest BCUT2D eigenvalue weighted by Gasteiger charge is 2.40. The van der Waals surface area contributed by atoms with Crippen molar-refractivity contribution in [2.45, 2.75) is 20.8 Å². The van der Waals surface area contributed by atoms with Crippen LogP contribution in [0.3, 0.4) is 0 Å². The number of hydrogen-bond acceptors (Lipinski definition) is 3. The highest BCUT2D eigenvalue weighted by Crippen LogP contribution is 2.36. The number of hydrogen-bond donors (Lipinski definition) is 1. The number of nitrogens with one attached hydrogen (secondary N) is 1. The van der Waals surface area contributed by atoms with Crippen LogP contribution in [0.4, 0.5) is 11.4 Å². The SMILES string of the molecule is Cc1cc(C)cc(NC2=C(c3ccc(Cl)cc3)C(=O)N(c3ccc(Cl)cc3C)C2=O)c1. The van der Waals surface area contributed by atoms with Crippen LogP contribution in [-0.2, 0) is 9.59 Å². The molecule has 0 saturated heterocycles. The topological polar surface area (TPSA) is 49.4 Å². The molecule has 4 rings (SSSR count). The lowest BCUT2D eigenvalue weighted by molar-refractivity contribution is -0.120. The summed E-state index contributed by atoms with van der Waals surface area (Å²) in [5, 5.41) is 4.30. The van der Waals surface area contributed by atoms with Gasteiger partial charge in [-0.15, -0.1) is 0 Å². The first-order valence-electron chi connectivity index (χ1n) is 9.75. The number of carbonyl (C=O) groups excluding carboxylic acids is 2. The molecule has 0 bridgehead atoms. The third kappa shape index (κ3) is 4.09. The van der Waals surface area contributed by atoms with E-state index < -0.39 is 11.8 Å². The Morgan fingerprint density at radius 1 is 0.742 bits per heavy atom. The van der Waals surface area contributed by atoms with Crippen LogP contribution in [-0.4, -0.2) is 11.8 Å². The van der Waals surface area contributed by atoms with Gasteiger partial charge >= 0.3 is 0 Å². The first-order chi connectivity index (χ1) is 14.7. The molecule has 0 fully saturated rings. The predicted molar refractivity (Wildman–Crippen MR) is 127 cm³/mol. The maximum atomic E-state index is 13.5. The largest absolute Gasteiger partial charge is 0.350 e. The van der Waals surface area contributed by atoms with Crippen molar-refractivity contribution in [2.75, 3.05) is 10.2 Å². The van der Waals surface area contributed by atoms with E-state index in [4.69, 9.17) is 23.2 Å². The number of benzene rings is 3. The monoisotopic (exact) mass is 450 g/mol. The van der Waals surface area contributed by atoms with Crippen LogP contribution >= 0.6 is 23.2 Å². The minimum Gasteiger partial charge on any atom is -0.350 e. The van der Waals surface area contributed by atoms with E-state index >= 15 is 0 Å². The van der Waals surface area contributed by atoms with E-state index in [1.807, 2.05) is 39.0 Å². The predicted octanol–water partition coefficient (Wildman–Crippen LogP) is 6.32. The number of rotatable bonds is 4. The van der Waals surface area contributed by atoms with Gasteiger partial charge in [0, 0.05) is 15.7 Å². The second-order valence-electron chi connectivity index (χ2n) is 7.63. The minimum absolute atomic E-state index is 0.228. The van der Waals surface area contributed by atoms with Gasteiger partial charge in [-0.25, -0.2) is 4.90 Å². The maximum Gasteiger partial charge on any atom is 0.282 e. The van der Waals surface area contributed by atoms with Gasteiger partial charge in [-0.2, -0.15) is 0 Å². The molecule has 0 atom stereocenters. The number of nitrogens with zero attached hydrogens (tertiary/aromatic N) is 1. The molecule has 0 saturated carbocycles. The smallest absolute Gasteiger partial charge is 0.282 e. The van der Waals surface area contributed by atoms with Gasteiger partial charge in [-0.05, 0) is 85.5 Å². The molecular formula is C25H20Cl2N2O2. The molecule has 0 unspecified atom stereocenters. The maximum absolute atomic E-state index is 13.5. The van der Waals surface area contributed by atoms with Crippen molar-refractivity contribution in [3.63, 3.8) is 0 Å². The van der Waals surface area contributed by atoms with Crippen molar-refractivity contribution >= 4 is 52.0 Å². The van der Waals surface area contributed by atoms with Crippen molar-refractivity contribution in [1.82, 2.24) is 0 Å². The molecule has 0 aliphatic carbocycles. The summed E-state index contributed by atoms with van der Waals surface area (Å²) in [7, 11) is 0. The molecule has 1 N–H and O–H groups in total. The summed E-state index contributed by atoms with van der Waals surface area (Å²) in [6, 6.07) is 17.9. The zero-order valence-electron chi connectivity index (χ0n) is 17.3. The van der Waals surface area contributed by atoms with Crippen molar-refractivity contribution in [2.24, 2.45) is 0 Å². The molecular weight excluding hydrogens is 431 g/mol. The molecule has 3 aromatic carbocycles. The summed E-state index contributed by atoms with van der Waals surface area (Å²) >= 11 is 12.1. The Labute approximate surface area is 191 Å². The fraction of sp³-hybridized carbons (Fsp3) is 0.120. The van der Waals surface area contributed by atoms with Crippen molar-refractivity contribution in [1.29, 1.82) is 0 Å². The van der Waals surface area contributed by atoms with Gasteiger partial charge in [0.25, 0.3) is 11.8 Å². The molecule has 0 aromatic heterocycles. The molecule has 0 spiro atoms. The van der Waals surface area contributed by atoms with Gasteiger partial charge in [0.05, 0.1) is 11.3 Å². The van der Waals surface area contributed by atoms with Gasteiger partial charge in [0.15, 0.2) is 0 Å². The van der Waals surface area contributed by atoms with Crippen LogP contribution in [0.1, 0.15) is 22.3 Å². The first-order valence-corrected chi connectivity index (χ1v) is 10.5. The Morgan fingerprint density at radius 2 is 1.35 bits per heavy atom. The van der Waals surface area contributed by atoms with Gasteiger partial charge < -0.3 is 5.32 Å². The lowest BCUT2D eigenvalue weighted by Gasteiger charge is -2.18. The molecule has 1 heterocycles. The lowest BCUT2D eigenvalue weighted by Crippen LogP contribution is -2.33. The van der Waals surface area contributed by atoms with Gasteiger partial charge in [-0.1, -0.05) is 41.4 Å². The van der Waals surface area contributed by atoms with E-state index in [-0.39, 0.29) is 5.70 Å². The fourth-order valence-corrected chi connectivity index (χ4v) is 4.16. The van der Waals surface area contributed by atoms with E-state index in [0.717, 1.165) is 22.4 Å². The number of halogens is 2. The number of carbonyl (C=O) groups is 2. The summed E-state index contributed by atoms with van der Waals surface area (Å²) in [6.45, 7) is 5.79. The second-order valence-corrected chi connectivity index (χ2v) is 8.51. The Bertz CT molecular complexity index is 1230. The quantitative estimate of drug-likeness (QED) is 0.473. The normalized spacial score (nSPS) is 13.9. The third-order valence-corrected chi connectivity index (χ3v) is 5.59. The molecule has 4 nitrogen and oxygen atoms in total. The summed E-state index contributed by atoms with van der Waals surface area (Å²) in [6.07, 6.45) is 0. The number of amides is 2. The zero-order valence-corrected chi connectivity index (χ0v) is 18.8. The summed E-state index contributed by atoms with van der Waals surface area (Å²) < 4.78 is 0. The van der Waals surface area contributed by atoms with Gasteiger partial charge in [0.1, 0.15) is 5.70 Å². The second kappa shape index (κ2) is 8.22. The van der Waals surface area contributed by atoms with Crippen LogP contribution in [0.5, 0.6) is 0 Å². The molecule has 0 radical (unpaired) electrons. The number of imide groups is 1. The molecule has 2 amide bonds. The molecule has 3 aromatic rings. The van der Waals surface area contributed by atoms with E-state index in [1.54, 1.807) is 42.5 Å². The van der Waals surface area contributed by atoms with Crippen LogP contribution in [0.25, 0.3) is 5.57 Å². The third-order valence-electron chi connectivity index (χ3n) is 5.11. The highest BCUT2D eigenvalue weighted by molar-refractivity contribution is 6.46. The average Bonchev–Trinajstić information content (AvgIpc) is 2.92. The van der Waals surface area contributed by atoms with E-state index in [1.165, 1.54) is 4.90 Å². The van der Waals surface area contributed by atoms with Gasteiger partial charge in [0.2, 0.25) is 0 Å². The molecule has 156 valence electrons. The number of anilines is 2. The summed E-state index contributed by atoms with van der Waals surface area (Å²) in [5.41, 5.74) is 5.23. The number of aryl methyl sites for hydroxylation is 3. The zero-order chi connectivity index (χ0) is 22.3. The molecule has 1 aliphatic rings. The van der Waals surface area contributed by atoms with Crippen molar-refractivity contribution in [3.8, 4) is 0 Å². The van der Waals surface area contributed by atoms with Crippen LogP contribution < -0.4 is 10.2 Å². The Kier molecular flexibility index (Phi) is 5.61. The average molecular weight is 451 g/mol. The fourth-order valence-electron chi connectivity index (χ4n) is 3.81. The van der Waals surface area contributed by atoms with Crippen LogP contribution in [0.15, 0.2) is 66.4 Å². The van der Waals surface area contributed by atoms with E-state index in [9.17, 15) is 9.59 Å². The summed E-state index contributed by atoms with van der Waals surface area (Å²) in [4.78, 5) is 28.2.